The van der Waals surface area contributed by atoms with Crippen LogP contribution in [0.1, 0.15) is 11.7 Å². The molecule has 0 saturated heterocycles. The number of hydrogen-bond donors (Lipinski definition) is 1. The average Bonchev–Trinajstić information content (AvgIpc) is 2.47. The molecule has 0 aliphatic rings. The van der Waals surface area contributed by atoms with Gasteiger partial charge >= 0.3 is 0 Å². The number of hydrogen-bond acceptors (Lipinski definition) is 3. The van der Waals surface area contributed by atoms with Crippen molar-refractivity contribution in [3.05, 3.63) is 59.7 Å². The van der Waals surface area contributed by atoms with Crippen LogP contribution >= 0.6 is 0 Å². The Morgan fingerprint density at radius 1 is 1.14 bits per heavy atom. The van der Waals surface area contributed by atoms with Gasteiger partial charge in [0.1, 0.15) is 30.1 Å². The van der Waals surface area contributed by atoms with Crippen LogP contribution in [-0.4, -0.2) is 25.8 Å². The smallest absolute Gasteiger partial charge is 0.129 e. The van der Waals surface area contributed by atoms with Crippen molar-refractivity contribution >= 4 is 5.69 Å². The summed E-state index contributed by atoms with van der Waals surface area (Å²) in [6.45, 7) is -0.156. The standard InChI is InChI=1S/C16H17F2NO2/c1-19(2)12-4-3-5-13(9-12)21-10-16(20)14-8-11(17)6-7-15(14)18/h3-9,16,20H,10H2,1-2H3. The van der Waals surface area contributed by atoms with E-state index in [0.29, 0.717) is 5.75 Å². The number of rotatable bonds is 5. The lowest BCUT2D eigenvalue weighted by Crippen LogP contribution is -2.12. The first-order valence-corrected chi connectivity index (χ1v) is 6.50. The van der Waals surface area contributed by atoms with Crippen LogP contribution in [0, 0.1) is 11.6 Å². The average molecular weight is 293 g/mol. The van der Waals surface area contributed by atoms with Crippen molar-refractivity contribution < 1.29 is 18.6 Å². The third-order valence-corrected chi connectivity index (χ3v) is 3.06. The van der Waals surface area contributed by atoms with E-state index in [-0.39, 0.29) is 12.2 Å². The first-order chi connectivity index (χ1) is 9.97. The van der Waals surface area contributed by atoms with Crippen molar-refractivity contribution in [3.8, 4) is 5.75 Å². The van der Waals surface area contributed by atoms with E-state index in [1.165, 1.54) is 0 Å². The highest BCUT2D eigenvalue weighted by Gasteiger charge is 2.14. The predicted octanol–water partition coefficient (Wildman–Crippen LogP) is 3.14. The number of aliphatic hydroxyl groups is 1. The maximum absolute atomic E-state index is 13.5. The number of ether oxygens (including phenoxy) is 1. The number of aliphatic hydroxyl groups excluding tert-OH is 1. The van der Waals surface area contributed by atoms with Crippen LogP contribution < -0.4 is 9.64 Å². The predicted molar refractivity (Wildman–Crippen MR) is 77.6 cm³/mol. The van der Waals surface area contributed by atoms with E-state index in [4.69, 9.17) is 4.74 Å². The molecule has 2 aromatic carbocycles. The highest BCUT2D eigenvalue weighted by molar-refractivity contribution is 5.49. The number of benzene rings is 2. The molecule has 0 fully saturated rings. The number of anilines is 1. The van der Waals surface area contributed by atoms with Crippen LogP contribution in [0.5, 0.6) is 5.75 Å². The minimum atomic E-state index is -1.23. The lowest BCUT2D eigenvalue weighted by atomic mass is 10.1. The molecular formula is C16H17F2NO2. The van der Waals surface area contributed by atoms with Gasteiger partial charge in [-0.2, -0.15) is 0 Å². The van der Waals surface area contributed by atoms with E-state index in [0.717, 1.165) is 23.9 Å². The largest absolute Gasteiger partial charge is 0.490 e. The van der Waals surface area contributed by atoms with Gasteiger partial charge in [-0.05, 0) is 30.3 Å². The third-order valence-electron chi connectivity index (χ3n) is 3.06. The molecule has 0 aliphatic heterocycles. The fraction of sp³-hybridized carbons (Fsp3) is 0.250. The molecule has 2 aromatic rings. The molecule has 5 heteroatoms. The van der Waals surface area contributed by atoms with Gasteiger partial charge in [0.05, 0.1) is 0 Å². The Morgan fingerprint density at radius 3 is 2.62 bits per heavy atom. The first kappa shape index (κ1) is 15.3. The van der Waals surface area contributed by atoms with Crippen LogP contribution in [-0.2, 0) is 0 Å². The molecule has 0 spiro atoms. The van der Waals surface area contributed by atoms with Crippen LogP contribution in [0.4, 0.5) is 14.5 Å². The summed E-state index contributed by atoms with van der Waals surface area (Å²) in [6, 6.07) is 10.2. The van der Waals surface area contributed by atoms with Crippen molar-refractivity contribution in [1.29, 1.82) is 0 Å². The van der Waals surface area contributed by atoms with Gasteiger partial charge < -0.3 is 14.7 Å². The number of nitrogens with zero attached hydrogens (tertiary/aromatic N) is 1. The van der Waals surface area contributed by atoms with E-state index in [2.05, 4.69) is 0 Å². The molecule has 0 heterocycles. The zero-order chi connectivity index (χ0) is 15.4. The quantitative estimate of drug-likeness (QED) is 0.919. The molecule has 2 rings (SSSR count). The van der Waals surface area contributed by atoms with E-state index < -0.39 is 17.7 Å². The summed E-state index contributed by atoms with van der Waals surface area (Å²) in [5.41, 5.74) is 0.831. The summed E-state index contributed by atoms with van der Waals surface area (Å²) in [5.74, 6) is -0.702. The summed E-state index contributed by atoms with van der Waals surface area (Å²) in [7, 11) is 3.80. The Hall–Kier alpha value is -2.14. The highest BCUT2D eigenvalue weighted by atomic mass is 19.1. The Kier molecular flexibility index (Phi) is 4.75. The summed E-state index contributed by atoms with van der Waals surface area (Å²) < 4.78 is 32.1. The van der Waals surface area contributed by atoms with Crippen LogP contribution in [0.25, 0.3) is 0 Å². The van der Waals surface area contributed by atoms with Gasteiger partial charge in [-0.15, -0.1) is 0 Å². The van der Waals surface area contributed by atoms with Crippen molar-refractivity contribution in [2.24, 2.45) is 0 Å². The Balaban J connectivity index is 2.05. The molecule has 3 nitrogen and oxygen atoms in total. The number of halogens is 2. The summed E-state index contributed by atoms with van der Waals surface area (Å²) in [4.78, 5) is 1.91. The fourth-order valence-electron chi connectivity index (χ4n) is 1.89. The molecule has 0 bridgehead atoms. The fourth-order valence-corrected chi connectivity index (χ4v) is 1.89. The minimum Gasteiger partial charge on any atom is -0.490 e. The SMILES string of the molecule is CN(C)c1cccc(OCC(O)c2cc(F)ccc2F)c1. The zero-order valence-corrected chi connectivity index (χ0v) is 11.9. The molecule has 0 saturated carbocycles. The summed E-state index contributed by atoms with van der Waals surface area (Å²) in [6.07, 6.45) is -1.23. The van der Waals surface area contributed by atoms with Gasteiger partial charge in [0, 0.05) is 31.4 Å². The maximum atomic E-state index is 13.5. The molecular weight excluding hydrogens is 276 g/mol. The lowest BCUT2D eigenvalue weighted by molar-refractivity contribution is 0.104. The molecule has 21 heavy (non-hydrogen) atoms. The van der Waals surface area contributed by atoms with Crippen LogP contribution in [0.3, 0.4) is 0 Å². The second kappa shape index (κ2) is 6.54. The molecule has 1 N–H and O–H groups in total. The molecule has 0 aliphatic carbocycles. The molecule has 112 valence electrons. The zero-order valence-electron chi connectivity index (χ0n) is 11.9. The van der Waals surface area contributed by atoms with Crippen LogP contribution in [0.15, 0.2) is 42.5 Å². The molecule has 0 radical (unpaired) electrons. The van der Waals surface area contributed by atoms with Crippen molar-refractivity contribution in [2.75, 3.05) is 25.6 Å². The third kappa shape index (κ3) is 3.92. The molecule has 1 atom stereocenters. The van der Waals surface area contributed by atoms with Crippen molar-refractivity contribution in [2.45, 2.75) is 6.10 Å². The van der Waals surface area contributed by atoms with Crippen molar-refractivity contribution in [3.63, 3.8) is 0 Å². The second-order valence-corrected chi connectivity index (χ2v) is 4.88. The Morgan fingerprint density at radius 2 is 1.90 bits per heavy atom. The summed E-state index contributed by atoms with van der Waals surface area (Å²) >= 11 is 0. The van der Waals surface area contributed by atoms with Gasteiger partial charge in [-0.25, -0.2) is 8.78 Å². The van der Waals surface area contributed by atoms with E-state index in [9.17, 15) is 13.9 Å². The highest BCUT2D eigenvalue weighted by Crippen LogP contribution is 2.22. The van der Waals surface area contributed by atoms with Crippen LogP contribution in [0.2, 0.25) is 0 Å². The second-order valence-electron chi connectivity index (χ2n) is 4.88. The van der Waals surface area contributed by atoms with Crippen molar-refractivity contribution in [1.82, 2.24) is 0 Å². The molecule has 0 amide bonds. The van der Waals surface area contributed by atoms with E-state index in [1.807, 2.05) is 31.1 Å². The monoisotopic (exact) mass is 293 g/mol. The molecule has 1 unspecified atom stereocenters. The van der Waals surface area contributed by atoms with Gasteiger partial charge in [0.2, 0.25) is 0 Å². The van der Waals surface area contributed by atoms with Gasteiger partial charge in [-0.1, -0.05) is 6.07 Å². The first-order valence-electron chi connectivity index (χ1n) is 6.50. The minimum absolute atomic E-state index is 0.112. The Labute approximate surface area is 122 Å². The topological polar surface area (TPSA) is 32.7 Å². The lowest BCUT2D eigenvalue weighted by Gasteiger charge is -2.16. The van der Waals surface area contributed by atoms with E-state index in [1.54, 1.807) is 12.1 Å². The van der Waals surface area contributed by atoms with Gasteiger partial charge in [-0.3, -0.25) is 0 Å². The normalized spacial score (nSPS) is 12.0. The Bertz CT molecular complexity index is 617. The molecule has 0 aromatic heterocycles. The van der Waals surface area contributed by atoms with E-state index >= 15 is 0 Å². The maximum Gasteiger partial charge on any atom is 0.129 e. The van der Waals surface area contributed by atoms with Gasteiger partial charge in [0.15, 0.2) is 0 Å². The van der Waals surface area contributed by atoms with Gasteiger partial charge in [0.25, 0.3) is 0 Å². The summed E-state index contributed by atoms with van der Waals surface area (Å²) in [5, 5.41) is 9.92.